The van der Waals surface area contributed by atoms with E-state index in [-0.39, 0.29) is 24.2 Å². The maximum Gasteiger partial charge on any atom is 0.234 e. The highest BCUT2D eigenvalue weighted by molar-refractivity contribution is 6.08. The summed E-state index contributed by atoms with van der Waals surface area (Å²) in [6.45, 7) is 0.996. The quantitative estimate of drug-likeness (QED) is 0.788. The lowest BCUT2D eigenvalue weighted by Gasteiger charge is -2.14. The molecule has 1 aromatic carbocycles. The van der Waals surface area contributed by atoms with Crippen LogP contribution in [0.3, 0.4) is 0 Å². The summed E-state index contributed by atoms with van der Waals surface area (Å²) in [5.41, 5.74) is 3.60. The number of hydrogen-bond donors (Lipinski definition) is 1. The second-order valence-corrected chi connectivity index (χ2v) is 5.36. The van der Waals surface area contributed by atoms with Crippen molar-refractivity contribution in [2.75, 3.05) is 0 Å². The molecule has 0 spiro atoms. The van der Waals surface area contributed by atoms with E-state index in [1.54, 1.807) is 0 Å². The number of carbonyl (C=O) groups is 2. The van der Waals surface area contributed by atoms with Crippen LogP contribution in [-0.4, -0.2) is 16.4 Å². The Balaban J connectivity index is 1.95. The first-order chi connectivity index (χ1) is 9.24. The standard InChI is InChI=1S/C15H14N2O2/c18-13-7-11(15(19)16-13)12-8-17-6-2-4-9-3-1-5-10(12)14(9)17/h1,3,5,8,11H,2,4,6-7H2,(H,16,18,19)/t11-/m0/s1. The molecule has 4 nitrogen and oxygen atoms in total. The minimum Gasteiger partial charge on any atom is -0.347 e. The Labute approximate surface area is 110 Å². The fourth-order valence-corrected chi connectivity index (χ4v) is 3.37. The first kappa shape index (κ1) is 10.8. The summed E-state index contributed by atoms with van der Waals surface area (Å²) in [5.74, 6) is -0.639. The van der Waals surface area contributed by atoms with Crippen LogP contribution in [0.25, 0.3) is 10.9 Å². The number of para-hydroxylation sites is 1. The Bertz CT molecular complexity index is 714. The highest BCUT2D eigenvalue weighted by Crippen LogP contribution is 2.35. The Kier molecular flexibility index (Phi) is 2.10. The summed E-state index contributed by atoms with van der Waals surface area (Å²) in [5, 5.41) is 3.53. The Hall–Kier alpha value is -2.10. The Morgan fingerprint density at radius 1 is 1.26 bits per heavy atom. The van der Waals surface area contributed by atoms with Gasteiger partial charge in [-0.25, -0.2) is 0 Å². The van der Waals surface area contributed by atoms with Crippen molar-refractivity contribution in [2.24, 2.45) is 0 Å². The number of hydrogen-bond acceptors (Lipinski definition) is 2. The van der Waals surface area contributed by atoms with E-state index in [9.17, 15) is 9.59 Å². The average molecular weight is 254 g/mol. The predicted molar refractivity (Wildman–Crippen MR) is 70.8 cm³/mol. The smallest absolute Gasteiger partial charge is 0.234 e. The molecule has 1 N–H and O–H groups in total. The molecule has 1 fully saturated rings. The van der Waals surface area contributed by atoms with E-state index >= 15 is 0 Å². The van der Waals surface area contributed by atoms with Gasteiger partial charge in [-0.1, -0.05) is 18.2 Å². The van der Waals surface area contributed by atoms with Gasteiger partial charge in [0.25, 0.3) is 0 Å². The highest BCUT2D eigenvalue weighted by Gasteiger charge is 2.34. The van der Waals surface area contributed by atoms with Crippen molar-refractivity contribution in [1.29, 1.82) is 0 Å². The number of benzene rings is 1. The summed E-state index contributed by atoms with van der Waals surface area (Å²) < 4.78 is 2.24. The van der Waals surface area contributed by atoms with Crippen molar-refractivity contribution in [3.8, 4) is 0 Å². The van der Waals surface area contributed by atoms with Gasteiger partial charge in [0.15, 0.2) is 0 Å². The lowest BCUT2D eigenvalue weighted by Crippen LogP contribution is -2.21. The van der Waals surface area contributed by atoms with Crippen LogP contribution in [-0.2, 0) is 22.6 Å². The molecule has 2 amide bonds. The van der Waals surface area contributed by atoms with Gasteiger partial charge in [0.1, 0.15) is 0 Å². The number of nitrogens with one attached hydrogen (secondary N) is 1. The largest absolute Gasteiger partial charge is 0.347 e. The minimum atomic E-state index is -0.315. The first-order valence-electron chi connectivity index (χ1n) is 6.68. The van der Waals surface area contributed by atoms with Gasteiger partial charge >= 0.3 is 0 Å². The molecular formula is C15H14N2O2. The van der Waals surface area contributed by atoms with Gasteiger partial charge in [0, 0.05) is 24.5 Å². The SMILES string of the molecule is O=C1C[C@@H](c2cn3c4c(cccc24)CCC3)C(=O)N1. The summed E-state index contributed by atoms with van der Waals surface area (Å²) in [6, 6.07) is 6.26. The molecule has 0 unspecified atom stereocenters. The highest BCUT2D eigenvalue weighted by atomic mass is 16.2. The molecule has 0 radical (unpaired) electrons. The molecule has 0 saturated carbocycles. The lowest BCUT2D eigenvalue weighted by molar-refractivity contribution is -0.125. The molecule has 1 atom stereocenters. The van der Waals surface area contributed by atoms with Gasteiger partial charge in [-0.3, -0.25) is 14.9 Å². The summed E-state index contributed by atoms with van der Waals surface area (Å²) in [7, 11) is 0. The van der Waals surface area contributed by atoms with Gasteiger partial charge < -0.3 is 4.57 Å². The van der Waals surface area contributed by atoms with E-state index in [2.05, 4.69) is 28.2 Å². The molecular weight excluding hydrogens is 240 g/mol. The van der Waals surface area contributed by atoms with Gasteiger partial charge in [-0.05, 0) is 24.0 Å². The van der Waals surface area contributed by atoms with Crippen LogP contribution in [0.5, 0.6) is 0 Å². The van der Waals surface area contributed by atoms with Gasteiger partial charge in [0.2, 0.25) is 11.8 Å². The van der Waals surface area contributed by atoms with Crippen LogP contribution >= 0.6 is 0 Å². The first-order valence-corrected chi connectivity index (χ1v) is 6.68. The molecule has 1 aromatic heterocycles. The molecule has 4 heteroatoms. The summed E-state index contributed by atoms with van der Waals surface area (Å²) in [4.78, 5) is 23.3. The van der Waals surface area contributed by atoms with Gasteiger partial charge in [-0.15, -0.1) is 0 Å². The molecule has 2 aromatic rings. The Morgan fingerprint density at radius 3 is 2.95 bits per heavy atom. The van der Waals surface area contributed by atoms with Crippen LogP contribution < -0.4 is 5.32 Å². The van der Waals surface area contributed by atoms with Gasteiger partial charge in [0.05, 0.1) is 11.4 Å². The number of aromatic nitrogens is 1. The molecule has 1 saturated heterocycles. The van der Waals surface area contributed by atoms with Crippen molar-refractivity contribution in [3.63, 3.8) is 0 Å². The predicted octanol–water partition coefficient (Wildman–Crippen LogP) is 1.72. The van der Waals surface area contributed by atoms with Crippen LogP contribution in [0.15, 0.2) is 24.4 Å². The maximum absolute atomic E-state index is 11.9. The van der Waals surface area contributed by atoms with E-state index in [1.165, 1.54) is 11.1 Å². The molecule has 0 bridgehead atoms. The molecule has 4 rings (SSSR count). The van der Waals surface area contributed by atoms with Crippen LogP contribution in [0.1, 0.15) is 29.9 Å². The average Bonchev–Trinajstić information content (AvgIpc) is 2.93. The van der Waals surface area contributed by atoms with Crippen molar-refractivity contribution in [3.05, 3.63) is 35.5 Å². The molecule has 96 valence electrons. The Morgan fingerprint density at radius 2 is 2.16 bits per heavy atom. The van der Waals surface area contributed by atoms with Gasteiger partial charge in [-0.2, -0.15) is 0 Å². The van der Waals surface area contributed by atoms with E-state index in [4.69, 9.17) is 0 Å². The van der Waals surface area contributed by atoms with E-state index < -0.39 is 0 Å². The molecule has 19 heavy (non-hydrogen) atoms. The fourth-order valence-electron chi connectivity index (χ4n) is 3.37. The van der Waals surface area contributed by atoms with Crippen molar-refractivity contribution < 1.29 is 9.59 Å². The van der Waals surface area contributed by atoms with E-state index in [1.807, 2.05) is 6.07 Å². The number of imide groups is 1. The number of amides is 2. The van der Waals surface area contributed by atoms with E-state index in [0.29, 0.717) is 0 Å². The number of aryl methyl sites for hydroxylation is 2. The maximum atomic E-state index is 11.9. The third-order valence-corrected chi connectivity index (χ3v) is 4.20. The molecule has 3 heterocycles. The van der Waals surface area contributed by atoms with E-state index in [0.717, 1.165) is 30.3 Å². The number of carbonyl (C=O) groups excluding carboxylic acids is 2. The van der Waals surface area contributed by atoms with Crippen LogP contribution in [0, 0.1) is 0 Å². The topological polar surface area (TPSA) is 51.1 Å². The van der Waals surface area contributed by atoms with Crippen LogP contribution in [0.4, 0.5) is 0 Å². The minimum absolute atomic E-state index is 0.159. The van der Waals surface area contributed by atoms with Crippen molar-refractivity contribution in [1.82, 2.24) is 9.88 Å². The summed E-state index contributed by atoms with van der Waals surface area (Å²) >= 11 is 0. The fraction of sp³-hybridized carbons (Fsp3) is 0.333. The molecule has 0 aliphatic carbocycles. The third-order valence-electron chi connectivity index (χ3n) is 4.20. The normalized spacial score (nSPS) is 22.0. The zero-order valence-electron chi connectivity index (χ0n) is 10.5. The van der Waals surface area contributed by atoms with Crippen molar-refractivity contribution in [2.45, 2.75) is 31.7 Å². The zero-order valence-corrected chi connectivity index (χ0v) is 10.5. The van der Waals surface area contributed by atoms with Crippen LogP contribution in [0.2, 0.25) is 0 Å². The van der Waals surface area contributed by atoms with Crippen molar-refractivity contribution >= 4 is 22.7 Å². The molecule has 2 aliphatic heterocycles. The summed E-state index contributed by atoms with van der Waals surface area (Å²) in [6.07, 6.45) is 4.57. The molecule has 2 aliphatic rings. The zero-order chi connectivity index (χ0) is 13.0. The second kappa shape index (κ2) is 3.70. The number of nitrogens with zero attached hydrogens (tertiary/aromatic N) is 1. The monoisotopic (exact) mass is 254 g/mol. The second-order valence-electron chi connectivity index (χ2n) is 5.36. The lowest BCUT2D eigenvalue weighted by atomic mass is 9.95. The number of rotatable bonds is 1. The third kappa shape index (κ3) is 1.46.